The summed E-state index contributed by atoms with van der Waals surface area (Å²) in [4.78, 5) is 5.00. The molecule has 0 unspecified atom stereocenters. The number of allylic oxidation sites excluding steroid dienone is 2. The van der Waals surface area contributed by atoms with Gasteiger partial charge in [-0.05, 0) is 100 Å². The normalized spacial score (nSPS) is 16.2. The van der Waals surface area contributed by atoms with E-state index >= 15 is 26.3 Å². The summed E-state index contributed by atoms with van der Waals surface area (Å²) < 4.78 is 96.9. The Hall–Kier alpha value is -4.80. The molecule has 0 saturated carbocycles. The van der Waals surface area contributed by atoms with E-state index in [0.29, 0.717) is 9.40 Å². The third-order valence-electron chi connectivity index (χ3n) is 10.9. The second-order valence-corrected chi connectivity index (χ2v) is 16.8. The van der Waals surface area contributed by atoms with Crippen molar-refractivity contribution in [1.82, 2.24) is 0 Å². The van der Waals surface area contributed by atoms with Crippen LogP contribution >= 0.6 is 22.7 Å². The van der Waals surface area contributed by atoms with Crippen LogP contribution in [0.1, 0.15) is 70.8 Å². The van der Waals surface area contributed by atoms with E-state index in [-0.39, 0.29) is 31.7 Å². The Morgan fingerprint density at radius 3 is 1.12 bits per heavy atom. The minimum Gasteiger partial charge on any atom is -0.372 e. The number of benzene rings is 4. The summed E-state index contributed by atoms with van der Waals surface area (Å²) in [5.41, 5.74) is 2.52. The first-order valence-electron chi connectivity index (χ1n) is 19.2. The first-order valence-corrected chi connectivity index (χ1v) is 20.8. The molecule has 0 spiro atoms. The maximum atomic E-state index is 16.2. The van der Waals surface area contributed by atoms with E-state index in [1.165, 1.54) is 13.8 Å². The summed E-state index contributed by atoms with van der Waals surface area (Å²) in [5, 5.41) is 0.460. The molecular formula is C47H44F6N2S2. The van der Waals surface area contributed by atoms with Crippen LogP contribution in [0.25, 0.3) is 55.6 Å². The van der Waals surface area contributed by atoms with Gasteiger partial charge in [-0.3, -0.25) is 0 Å². The first kappa shape index (κ1) is 40.4. The summed E-state index contributed by atoms with van der Waals surface area (Å²) in [6.07, 6.45) is 7.62. The van der Waals surface area contributed by atoms with E-state index in [4.69, 9.17) is 0 Å². The molecule has 2 heterocycles. The number of hydrogen-bond donors (Lipinski definition) is 0. The topological polar surface area (TPSA) is 6.48 Å². The smallest absolute Gasteiger partial charge is 0.372 e. The van der Waals surface area contributed by atoms with Gasteiger partial charge in [0.15, 0.2) is 0 Å². The summed E-state index contributed by atoms with van der Waals surface area (Å²) in [5.74, 6) is -15.9. The molecule has 2 nitrogen and oxygen atoms in total. The fraction of sp³-hybridized carbons (Fsp3) is 0.277. The minimum atomic E-state index is -5.65. The number of rotatable bonds is 12. The Labute approximate surface area is 338 Å². The van der Waals surface area contributed by atoms with E-state index in [9.17, 15) is 0 Å². The van der Waals surface area contributed by atoms with Gasteiger partial charge in [0.2, 0.25) is 0 Å². The molecule has 1 aliphatic rings. The van der Waals surface area contributed by atoms with Gasteiger partial charge in [-0.25, -0.2) is 0 Å². The molecule has 0 bridgehead atoms. The monoisotopic (exact) mass is 814 g/mol. The molecule has 0 fully saturated rings. The lowest BCUT2D eigenvalue weighted by molar-refractivity contribution is -0.254. The Balaban J connectivity index is 1.28. The quantitative estimate of drug-likeness (QED) is 0.0897. The van der Waals surface area contributed by atoms with Crippen molar-refractivity contribution in [2.75, 3.05) is 36.0 Å². The largest absolute Gasteiger partial charge is 0.380 e. The molecule has 4 aromatic carbocycles. The molecule has 2 aromatic heterocycles. The van der Waals surface area contributed by atoms with E-state index in [1.54, 1.807) is 36.4 Å². The first-order chi connectivity index (χ1) is 27.2. The van der Waals surface area contributed by atoms with Gasteiger partial charge in [0, 0.05) is 89.8 Å². The molecule has 0 radical (unpaired) electrons. The molecular weight excluding hydrogens is 771 g/mol. The molecule has 1 aliphatic carbocycles. The van der Waals surface area contributed by atoms with Crippen molar-refractivity contribution in [3.8, 4) is 0 Å². The van der Waals surface area contributed by atoms with Gasteiger partial charge < -0.3 is 9.80 Å². The lowest BCUT2D eigenvalue weighted by Crippen LogP contribution is -2.48. The number of halogens is 6. The lowest BCUT2D eigenvalue weighted by atomic mass is 9.91. The standard InChI is InChI=1S/C47H44F6N2S2/c1-7-54(8-2)35-21-15-31(16-22-35)11-13-33-19-25-37-39(27-33)56-29(5)41(37)43-44(46(50,51)47(52,53)45(43,48)49)42-30(6)57-40-28-34(20-26-38(40)42)14-12-32-17-23-36(24-18-32)55(9-3)10-4/h11-28H,7-10H2,1-6H3/b13-11+,14-12+. The Morgan fingerprint density at radius 1 is 0.474 bits per heavy atom. The molecule has 0 aliphatic heterocycles. The maximum absolute atomic E-state index is 16.2. The highest BCUT2D eigenvalue weighted by molar-refractivity contribution is 7.19. The molecule has 10 heteroatoms. The van der Waals surface area contributed by atoms with Crippen LogP contribution in [-0.2, 0) is 0 Å². The van der Waals surface area contributed by atoms with Crippen LogP contribution in [0.3, 0.4) is 0 Å². The van der Waals surface area contributed by atoms with Crippen LogP contribution in [-0.4, -0.2) is 43.9 Å². The lowest BCUT2D eigenvalue weighted by Gasteiger charge is -2.26. The zero-order valence-electron chi connectivity index (χ0n) is 32.7. The number of nitrogens with zero attached hydrogens (tertiary/aromatic N) is 2. The predicted molar refractivity (Wildman–Crippen MR) is 233 cm³/mol. The summed E-state index contributed by atoms with van der Waals surface area (Å²) in [6.45, 7) is 15.0. The zero-order valence-corrected chi connectivity index (χ0v) is 34.3. The second kappa shape index (κ2) is 15.5. The fourth-order valence-electron chi connectivity index (χ4n) is 7.84. The van der Waals surface area contributed by atoms with Gasteiger partial charge in [-0.15, -0.1) is 22.7 Å². The van der Waals surface area contributed by atoms with Gasteiger partial charge in [0.05, 0.1) is 0 Å². The van der Waals surface area contributed by atoms with Gasteiger partial charge >= 0.3 is 17.8 Å². The van der Waals surface area contributed by atoms with Crippen LogP contribution in [0.5, 0.6) is 0 Å². The van der Waals surface area contributed by atoms with Crippen LogP contribution < -0.4 is 9.80 Å². The van der Waals surface area contributed by atoms with Gasteiger partial charge in [0.1, 0.15) is 0 Å². The molecule has 0 N–H and O–H groups in total. The highest BCUT2D eigenvalue weighted by atomic mass is 32.1. The van der Waals surface area contributed by atoms with Gasteiger partial charge in [-0.2, -0.15) is 26.3 Å². The Kier molecular flexibility index (Phi) is 11.0. The van der Waals surface area contributed by atoms with Gasteiger partial charge in [-0.1, -0.05) is 72.8 Å². The molecule has 6 aromatic rings. The molecule has 0 atom stereocenters. The SMILES string of the molecule is CCN(CC)c1ccc(/C=C/c2ccc3c(C4=C(c5c(C)sc6cc(/C=C/c7ccc(N(CC)CC)cc7)ccc56)C(F)(F)C(F)(F)C4(F)F)c(C)sc3c2)cc1. The molecule has 0 saturated heterocycles. The van der Waals surface area contributed by atoms with E-state index in [2.05, 4.69) is 37.5 Å². The van der Waals surface area contributed by atoms with Crippen LogP contribution in [0.15, 0.2) is 84.9 Å². The van der Waals surface area contributed by atoms with Crippen molar-refractivity contribution in [3.63, 3.8) is 0 Å². The van der Waals surface area contributed by atoms with Crippen molar-refractivity contribution in [3.05, 3.63) is 128 Å². The Bertz CT molecular complexity index is 2340. The third-order valence-corrected chi connectivity index (χ3v) is 13.1. The van der Waals surface area contributed by atoms with Crippen molar-refractivity contribution >= 4 is 89.7 Å². The molecule has 0 amide bonds. The number of aryl methyl sites for hydroxylation is 2. The van der Waals surface area contributed by atoms with Crippen molar-refractivity contribution < 1.29 is 26.3 Å². The van der Waals surface area contributed by atoms with Crippen molar-refractivity contribution in [2.45, 2.75) is 59.3 Å². The number of hydrogen-bond acceptors (Lipinski definition) is 4. The number of fused-ring (bicyclic) bond motifs is 2. The van der Waals surface area contributed by atoms with E-state index < -0.39 is 28.9 Å². The fourth-order valence-corrected chi connectivity index (χ4v) is 10.1. The molecule has 7 rings (SSSR count). The van der Waals surface area contributed by atoms with Gasteiger partial charge in [0.25, 0.3) is 0 Å². The summed E-state index contributed by atoms with van der Waals surface area (Å²) >= 11 is 2.25. The predicted octanol–water partition coefficient (Wildman–Crippen LogP) is 14.6. The Morgan fingerprint density at radius 2 is 0.789 bits per heavy atom. The van der Waals surface area contributed by atoms with Crippen LogP contribution in [0, 0.1) is 13.8 Å². The van der Waals surface area contributed by atoms with Crippen molar-refractivity contribution in [1.29, 1.82) is 0 Å². The summed E-state index contributed by atoms with van der Waals surface area (Å²) in [7, 11) is 0. The average molecular weight is 815 g/mol. The third kappa shape index (κ3) is 6.99. The molecule has 296 valence electrons. The number of thiophene rings is 2. The second-order valence-electron chi connectivity index (χ2n) is 14.2. The van der Waals surface area contributed by atoms with E-state index in [0.717, 1.165) is 82.5 Å². The number of anilines is 2. The highest BCUT2D eigenvalue weighted by Crippen LogP contribution is 2.67. The highest BCUT2D eigenvalue weighted by Gasteiger charge is 2.80. The number of alkyl halides is 6. The summed E-state index contributed by atoms with van der Waals surface area (Å²) in [6, 6.07) is 26.3. The van der Waals surface area contributed by atoms with E-state index in [1.807, 2.05) is 72.8 Å². The minimum absolute atomic E-state index is 0.230. The average Bonchev–Trinajstić information content (AvgIpc) is 3.72. The van der Waals surface area contributed by atoms with Crippen LogP contribution in [0.4, 0.5) is 37.7 Å². The maximum Gasteiger partial charge on any atom is 0.380 e. The zero-order chi connectivity index (χ0) is 40.9. The molecule has 57 heavy (non-hydrogen) atoms. The van der Waals surface area contributed by atoms with Crippen molar-refractivity contribution in [2.24, 2.45) is 0 Å². The van der Waals surface area contributed by atoms with Crippen LogP contribution in [0.2, 0.25) is 0 Å².